The van der Waals surface area contributed by atoms with E-state index in [9.17, 15) is 25.1 Å². The van der Waals surface area contributed by atoms with Crippen molar-refractivity contribution in [1.82, 2.24) is 9.88 Å². The lowest BCUT2D eigenvalue weighted by Gasteiger charge is -2.13. The molecule has 8 heteroatoms. The molecule has 0 radical (unpaired) electrons. The molecule has 1 aromatic heterocycles. The summed E-state index contributed by atoms with van der Waals surface area (Å²) < 4.78 is 0. The Labute approximate surface area is 95.6 Å². The molecule has 0 aliphatic carbocycles. The lowest BCUT2D eigenvalue weighted by molar-refractivity contribution is -0.384. The van der Waals surface area contributed by atoms with Crippen LogP contribution in [0.3, 0.4) is 0 Å². The van der Waals surface area contributed by atoms with Crippen LogP contribution in [0, 0.1) is 10.1 Å². The minimum atomic E-state index is -0.969. The molecule has 0 spiro atoms. The second-order valence-corrected chi connectivity index (χ2v) is 3.87. The standard InChI is InChI=1S/C9H11N3O5/c13-7-3-11(4-8(7)14)9(15)6-1-5(2-10-6)12(16)17/h1-2,7-8,10,13-14H,3-4H2/t7-,8+. The monoisotopic (exact) mass is 241 g/mol. The molecule has 2 rings (SSSR count). The van der Waals surface area contributed by atoms with Crippen molar-refractivity contribution < 1.29 is 19.9 Å². The molecule has 1 fully saturated rings. The first-order valence-corrected chi connectivity index (χ1v) is 4.97. The van der Waals surface area contributed by atoms with Gasteiger partial charge in [0.2, 0.25) is 0 Å². The van der Waals surface area contributed by atoms with Crippen LogP contribution in [0.1, 0.15) is 10.5 Å². The Morgan fingerprint density at radius 1 is 1.47 bits per heavy atom. The number of nitrogens with one attached hydrogen (secondary N) is 1. The summed E-state index contributed by atoms with van der Waals surface area (Å²) in [6, 6.07) is 1.12. The number of nitro groups is 1. The zero-order valence-corrected chi connectivity index (χ0v) is 8.74. The molecule has 0 unspecified atom stereocenters. The largest absolute Gasteiger partial charge is 0.388 e. The number of aliphatic hydroxyl groups excluding tert-OH is 2. The molecule has 0 aromatic carbocycles. The van der Waals surface area contributed by atoms with E-state index in [4.69, 9.17) is 0 Å². The summed E-state index contributed by atoms with van der Waals surface area (Å²) in [7, 11) is 0. The first-order valence-electron chi connectivity index (χ1n) is 4.97. The van der Waals surface area contributed by atoms with Crippen molar-refractivity contribution in [2.75, 3.05) is 13.1 Å². The van der Waals surface area contributed by atoms with Crippen LogP contribution >= 0.6 is 0 Å². The average molecular weight is 241 g/mol. The summed E-state index contributed by atoms with van der Waals surface area (Å²) >= 11 is 0. The van der Waals surface area contributed by atoms with Crippen molar-refractivity contribution >= 4 is 11.6 Å². The number of carbonyl (C=O) groups is 1. The highest BCUT2D eigenvalue weighted by molar-refractivity contribution is 5.93. The highest BCUT2D eigenvalue weighted by Crippen LogP contribution is 2.17. The Balaban J connectivity index is 2.12. The van der Waals surface area contributed by atoms with Gasteiger partial charge in [-0.1, -0.05) is 0 Å². The van der Waals surface area contributed by atoms with Gasteiger partial charge in [-0.3, -0.25) is 14.9 Å². The summed E-state index contributed by atoms with van der Waals surface area (Å²) in [4.78, 5) is 25.4. The number of H-pyrrole nitrogens is 1. The number of β-amino-alcohol motifs (C(OH)–C–C–N with tert-alkyl or cyclic N) is 2. The second kappa shape index (κ2) is 4.15. The quantitative estimate of drug-likeness (QED) is 0.458. The first kappa shape index (κ1) is 11.6. The molecule has 3 N–H and O–H groups in total. The average Bonchev–Trinajstić information content (AvgIpc) is 2.86. The Morgan fingerprint density at radius 2 is 2.06 bits per heavy atom. The number of likely N-dealkylation sites (tertiary alicyclic amines) is 1. The number of hydrogen-bond acceptors (Lipinski definition) is 5. The van der Waals surface area contributed by atoms with Gasteiger partial charge in [-0.15, -0.1) is 0 Å². The van der Waals surface area contributed by atoms with E-state index >= 15 is 0 Å². The Bertz CT molecular complexity index is 447. The molecule has 0 bridgehead atoms. The van der Waals surface area contributed by atoms with E-state index in [1.54, 1.807) is 0 Å². The van der Waals surface area contributed by atoms with Crippen molar-refractivity contribution in [3.05, 3.63) is 28.1 Å². The zero-order chi connectivity index (χ0) is 12.6. The molecule has 17 heavy (non-hydrogen) atoms. The van der Waals surface area contributed by atoms with Crippen LogP contribution in [0.2, 0.25) is 0 Å². The van der Waals surface area contributed by atoms with Crippen molar-refractivity contribution in [1.29, 1.82) is 0 Å². The van der Waals surface area contributed by atoms with Crippen molar-refractivity contribution in [3.8, 4) is 0 Å². The van der Waals surface area contributed by atoms with Gasteiger partial charge in [-0.05, 0) is 0 Å². The fraction of sp³-hybridized carbons (Fsp3) is 0.444. The number of rotatable bonds is 2. The van der Waals surface area contributed by atoms with E-state index in [-0.39, 0.29) is 24.5 Å². The molecule has 1 aromatic rings. The van der Waals surface area contributed by atoms with E-state index in [0.29, 0.717) is 0 Å². The molecule has 8 nitrogen and oxygen atoms in total. The van der Waals surface area contributed by atoms with E-state index in [1.165, 1.54) is 4.90 Å². The highest BCUT2D eigenvalue weighted by Gasteiger charge is 2.33. The molecule has 1 aliphatic rings. The van der Waals surface area contributed by atoms with Crippen LogP contribution in [0.15, 0.2) is 12.3 Å². The molecule has 2 atom stereocenters. The second-order valence-electron chi connectivity index (χ2n) is 3.87. The topological polar surface area (TPSA) is 120 Å². The maximum atomic E-state index is 11.8. The SMILES string of the molecule is O=C(c1cc([N+](=O)[O-])c[nH]1)N1C[C@@H](O)[C@@H](O)C1. The predicted octanol–water partition coefficient (Wildman–Crippen LogP) is -0.900. The van der Waals surface area contributed by atoms with Crippen molar-refractivity contribution in [2.45, 2.75) is 12.2 Å². The van der Waals surface area contributed by atoms with E-state index in [0.717, 1.165) is 12.3 Å². The maximum Gasteiger partial charge on any atom is 0.287 e. The Morgan fingerprint density at radius 3 is 2.53 bits per heavy atom. The molecular formula is C9H11N3O5. The van der Waals surface area contributed by atoms with Gasteiger partial charge in [0, 0.05) is 19.2 Å². The fourth-order valence-corrected chi connectivity index (χ4v) is 1.72. The van der Waals surface area contributed by atoms with Crippen molar-refractivity contribution in [3.63, 3.8) is 0 Å². The predicted molar refractivity (Wildman–Crippen MR) is 55.4 cm³/mol. The normalized spacial score (nSPS) is 24.0. The molecule has 0 saturated carbocycles. The van der Waals surface area contributed by atoms with Crippen LogP contribution < -0.4 is 0 Å². The number of aromatic amines is 1. The lowest BCUT2D eigenvalue weighted by Crippen LogP contribution is -2.30. The van der Waals surface area contributed by atoms with Crippen LogP contribution in [0.5, 0.6) is 0 Å². The van der Waals surface area contributed by atoms with Crippen molar-refractivity contribution in [2.24, 2.45) is 0 Å². The number of aliphatic hydroxyl groups is 2. The van der Waals surface area contributed by atoms with Gasteiger partial charge < -0.3 is 20.1 Å². The molecular weight excluding hydrogens is 230 g/mol. The van der Waals surface area contributed by atoms with Crippen LogP contribution in [0.4, 0.5) is 5.69 Å². The number of amides is 1. The third-order valence-corrected chi connectivity index (χ3v) is 2.66. The molecule has 1 aliphatic heterocycles. The number of aromatic nitrogens is 1. The summed E-state index contributed by atoms with van der Waals surface area (Å²) in [6.07, 6.45) is -0.816. The van der Waals surface area contributed by atoms with Gasteiger partial charge in [0.05, 0.1) is 23.3 Å². The van der Waals surface area contributed by atoms with Gasteiger partial charge in [0.15, 0.2) is 0 Å². The summed E-state index contributed by atoms with van der Waals surface area (Å²) in [5.41, 5.74) is -0.133. The Hall–Kier alpha value is -1.93. The van der Waals surface area contributed by atoms with Crippen LogP contribution in [-0.4, -0.2) is 56.2 Å². The van der Waals surface area contributed by atoms with E-state index in [2.05, 4.69) is 4.98 Å². The molecule has 1 saturated heterocycles. The molecule has 1 amide bonds. The van der Waals surface area contributed by atoms with Gasteiger partial charge in [-0.25, -0.2) is 0 Å². The van der Waals surface area contributed by atoms with Crippen LogP contribution in [0.25, 0.3) is 0 Å². The van der Waals surface area contributed by atoms with Gasteiger partial charge in [-0.2, -0.15) is 0 Å². The number of nitrogens with zero attached hydrogens (tertiary/aromatic N) is 2. The third-order valence-electron chi connectivity index (χ3n) is 2.66. The third kappa shape index (κ3) is 2.12. The number of carbonyl (C=O) groups excluding carboxylic acids is 1. The number of hydrogen-bond donors (Lipinski definition) is 3. The molecule has 2 heterocycles. The highest BCUT2D eigenvalue weighted by atomic mass is 16.6. The fourth-order valence-electron chi connectivity index (χ4n) is 1.72. The summed E-state index contributed by atoms with van der Waals surface area (Å²) in [5, 5.41) is 29.0. The van der Waals surface area contributed by atoms with Gasteiger partial charge >= 0.3 is 0 Å². The minimum absolute atomic E-state index is 0.0207. The van der Waals surface area contributed by atoms with Gasteiger partial charge in [0.25, 0.3) is 11.6 Å². The maximum absolute atomic E-state index is 11.8. The smallest absolute Gasteiger partial charge is 0.287 e. The van der Waals surface area contributed by atoms with Crippen LogP contribution in [-0.2, 0) is 0 Å². The van der Waals surface area contributed by atoms with Gasteiger partial charge in [0.1, 0.15) is 5.69 Å². The Kier molecular flexibility index (Phi) is 2.82. The first-order chi connectivity index (χ1) is 7.99. The zero-order valence-electron chi connectivity index (χ0n) is 8.74. The lowest BCUT2D eigenvalue weighted by atomic mass is 10.3. The summed E-state index contributed by atoms with van der Waals surface area (Å²) in [5.74, 6) is -0.478. The van der Waals surface area contributed by atoms with E-state index < -0.39 is 23.0 Å². The minimum Gasteiger partial charge on any atom is -0.388 e. The summed E-state index contributed by atoms with van der Waals surface area (Å²) in [6.45, 7) is 0.0413. The van der Waals surface area contributed by atoms with E-state index in [1.807, 2.05) is 0 Å². The molecule has 92 valence electrons.